The number of unbranched alkanes of at least 4 members (excludes halogenated alkanes) is 3. The summed E-state index contributed by atoms with van der Waals surface area (Å²) < 4.78 is 49.5. The summed E-state index contributed by atoms with van der Waals surface area (Å²) >= 11 is 0. The van der Waals surface area contributed by atoms with Crippen molar-refractivity contribution in [1.82, 2.24) is 0 Å². The minimum Gasteiger partial charge on any atom is -0.394 e. The van der Waals surface area contributed by atoms with E-state index in [9.17, 15) is 18.3 Å². The van der Waals surface area contributed by atoms with Crippen molar-refractivity contribution in [3.8, 4) is 0 Å². The molecule has 0 rings (SSSR count). The van der Waals surface area contributed by atoms with Crippen molar-refractivity contribution in [2.75, 3.05) is 13.2 Å². The Morgan fingerprint density at radius 3 is 2.33 bits per heavy atom. The van der Waals surface area contributed by atoms with Crippen LogP contribution in [0, 0.1) is 5.92 Å². The van der Waals surface area contributed by atoms with Crippen molar-refractivity contribution in [2.24, 2.45) is 5.92 Å². The molecule has 0 saturated carbocycles. The normalized spacial score (nSPS) is 17.1. The highest BCUT2D eigenvalue weighted by Crippen LogP contribution is 2.32. The largest absolute Gasteiger partial charge is 0.397 e. The van der Waals surface area contributed by atoms with Crippen LogP contribution in [0.2, 0.25) is 0 Å². The highest BCUT2D eigenvalue weighted by molar-refractivity contribution is 4.96. The van der Waals surface area contributed by atoms with Crippen LogP contribution < -0.4 is 0 Å². The molecule has 0 fully saturated rings. The average molecular weight is 312 g/mol. The Morgan fingerprint density at radius 2 is 1.86 bits per heavy atom. The van der Waals surface area contributed by atoms with Gasteiger partial charge in [0.15, 0.2) is 6.29 Å². The lowest BCUT2D eigenvalue weighted by Gasteiger charge is -2.28. The van der Waals surface area contributed by atoms with Crippen molar-refractivity contribution in [3.63, 3.8) is 0 Å². The third-order valence-electron chi connectivity index (χ3n) is 3.04. The molecule has 6 heteroatoms. The second-order valence-corrected chi connectivity index (χ2v) is 4.87. The molecule has 0 bridgehead atoms. The van der Waals surface area contributed by atoms with Crippen molar-refractivity contribution < 1.29 is 27.8 Å². The van der Waals surface area contributed by atoms with Gasteiger partial charge >= 0.3 is 6.18 Å². The first-order valence-corrected chi connectivity index (χ1v) is 7.48. The Balaban J connectivity index is 4.69. The first kappa shape index (κ1) is 20.4. The first-order chi connectivity index (χ1) is 9.86. The molecule has 1 N–H and O–H groups in total. The number of hydrogen-bond donors (Lipinski definition) is 1. The molecule has 21 heavy (non-hydrogen) atoms. The summed E-state index contributed by atoms with van der Waals surface area (Å²) in [4.78, 5) is 0. The predicted molar refractivity (Wildman–Crippen MR) is 75.9 cm³/mol. The van der Waals surface area contributed by atoms with E-state index in [1.54, 1.807) is 6.92 Å². The van der Waals surface area contributed by atoms with Crippen LogP contribution in [0.15, 0.2) is 12.2 Å². The summed E-state index contributed by atoms with van der Waals surface area (Å²) in [6.07, 6.45) is -0.523. The third-order valence-corrected chi connectivity index (χ3v) is 3.04. The van der Waals surface area contributed by atoms with Gasteiger partial charge in [-0.3, -0.25) is 0 Å². The van der Waals surface area contributed by atoms with E-state index in [2.05, 4.69) is 0 Å². The van der Waals surface area contributed by atoms with E-state index >= 15 is 0 Å². The van der Waals surface area contributed by atoms with E-state index < -0.39 is 31.1 Å². The molecule has 0 aliphatic rings. The van der Waals surface area contributed by atoms with Crippen LogP contribution in [0.4, 0.5) is 13.2 Å². The molecule has 0 radical (unpaired) electrons. The Labute approximate surface area is 125 Å². The lowest BCUT2D eigenvalue weighted by molar-refractivity contribution is -0.233. The number of alkyl halides is 3. The Kier molecular flexibility index (Phi) is 10.7. The Bertz CT molecular complexity index is 280. The number of halogens is 3. The molecular weight excluding hydrogens is 285 g/mol. The topological polar surface area (TPSA) is 38.7 Å². The number of allylic oxidation sites excluding steroid dienone is 1. The van der Waals surface area contributed by atoms with Crippen LogP contribution >= 0.6 is 0 Å². The molecule has 0 aromatic heterocycles. The third kappa shape index (κ3) is 9.11. The second kappa shape index (κ2) is 11.0. The zero-order valence-electron chi connectivity index (χ0n) is 13.0. The number of ether oxygens (including phenoxy) is 2. The molecule has 126 valence electrons. The van der Waals surface area contributed by atoms with Gasteiger partial charge in [-0.05, 0) is 26.7 Å². The fraction of sp³-hybridized carbons (Fsp3) is 0.867. The van der Waals surface area contributed by atoms with Crippen LogP contribution in [0.1, 0.15) is 46.5 Å². The van der Waals surface area contributed by atoms with Gasteiger partial charge in [-0.25, -0.2) is 0 Å². The Hall–Kier alpha value is -0.590. The summed E-state index contributed by atoms with van der Waals surface area (Å²) in [7, 11) is 0. The van der Waals surface area contributed by atoms with E-state index in [1.807, 2.05) is 6.92 Å². The maximum Gasteiger partial charge on any atom is 0.397 e. The van der Waals surface area contributed by atoms with Crippen molar-refractivity contribution in [3.05, 3.63) is 12.2 Å². The SMILES string of the molecule is CCCCC/C=C/[C@@H]([C@@H](CO)OC(C)OCC)C(F)(F)F. The van der Waals surface area contributed by atoms with E-state index in [4.69, 9.17) is 9.47 Å². The smallest absolute Gasteiger partial charge is 0.394 e. The van der Waals surface area contributed by atoms with Gasteiger partial charge in [0.2, 0.25) is 0 Å². The maximum absolute atomic E-state index is 13.1. The summed E-state index contributed by atoms with van der Waals surface area (Å²) in [5.74, 6) is -1.83. The molecule has 3 nitrogen and oxygen atoms in total. The highest BCUT2D eigenvalue weighted by Gasteiger charge is 2.44. The van der Waals surface area contributed by atoms with Crippen molar-refractivity contribution in [2.45, 2.75) is 65.0 Å². The van der Waals surface area contributed by atoms with Crippen molar-refractivity contribution >= 4 is 0 Å². The number of hydrogen-bond acceptors (Lipinski definition) is 3. The molecule has 0 aliphatic carbocycles. The molecule has 1 unspecified atom stereocenters. The fourth-order valence-corrected chi connectivity index (χ4v) is 1.96. The molecule has 0 heterocycles. The van der Waals surface area contributed by atoms with Gasteiger partial charge in [0.25, 0.3) is 0 Å². The molecule has 0 amide bonds. The second-order valence-electron chi connectivity index (χ2n) is 4.87. The van der Waals surface area contributed by atoms with Gasteiger partial charge in [0.05, 0.1) is 12.7 Å². The summed E-state index contributed by atoms with van der Waals surface area (Å²) in [5.41, 5.74) is 0. The molecule has 0 aliphatic heterocycles. The molecule has 0 saturated heterocycles. The minimum absolute atomic E-state index is 0.336. The number of rotatable bonds is 11. The quantitative estimate of drug-likeness (QED) is 0.355. The van der Waals surface area contributed by atoms with Crippen molar-refractivity contribution in [1.29, 1.82) is 0 Å². The van der Waals surface area contributed by atoms with Gasteiger partial charge in [0.1, 0.15) is 5.92 Å². The minimum atomic E-state index is -4.46. The van der Waals surface area contributed by atoms with Crippen LogP contribution in [0.5, 0.6) is 0 Å². The van der Waals surface area contributed by atoms with Gasteiger partial charge in [-0.15, -0.1) is 0 Å². The van der Waals surface area contributed by atoms with E-state index in [1.165, 1.54) is 13.0 Å². The Morgan fingerprint density at radius 1 is 1.19 bits per heavy atom. The van der Waals surface area contributed by atoms with Gasteiger partial charge in [-0.2, -0.15) is 13.2 Å². The van der Waals surface area contributed by atoms with Gasteiger partial charge in [-0.1, -0.05) is 31.9 Å². The summed E-state index contributed by atoms with van der Waals surface area (Å²) in [6.45, 7) is 4.91. The molecule has 0 spiro atoms. The molecule has 0 aromatic rings. The number of aliphatic hydroxyl groups is 1. The monoisotopic (exact) mass is 312 g/mol. The maximum atomic E-state index is 13.1. The number of aliphatic hydroxyl groups excluding tert-OH is 1. The zero-order chi connectivity index (χ0) is 16.3. The molecule has 3 atom stereocenters. The molecular formula is C15H27F3O3. The van der Waals surface area contributed by atoms with Crippen LogP contribution in [-0.4, -0.2) is 36.9 Å². The van der Waals surface area contributed by atoms with Crippen LogP contribution in [-0.2, 0) is 9.47 Å². The summed E-state index contributed by atoms with van der Waals surface area (Å²) in [5, 5.41) is 9.20. The highest BCUT2D eigenvalue weighted by atomic mass is 19.4. The lowest BCUT2D eigenvalue weighted by atomic mass is 10.0. The zero-order valence-corrected chi connectivity index (χ0v) is 13.0. The van der Waals surface area contributed by atoms with E-state index in [0.717, 1.165) is 25.3 Å². The lowest BCUT2D eigenvalue weighted by Crippen LogP contribution is -2.39. The molecule has 0 aromatic carbocycles. The summed E-state index contributed by atoms with van der Waals surface area (Å²) in [6, 6.07) is 0. The fourth-order valence-electron chi connectivity index (χ4n) is 1.96. The van der Waals surface area contributed by atoms with Crippen LogP contribution in [0.25, 0.3) is 0 Å². The standard InChI is InChI=1S/C15H27F3O3/c1-4-6-7-8-9-10-13(15(16,17)18)14(11-19)21-12(3)20-5-2/h9-10,12-14,19H,4-8,11H2,1-3H3/b10-9+/t12?,13-,14+/m0/s1. The van der Waals surface area contributed by atoms with Crippen LogP contribution in [0.3, 0.4) is 0 Å². The average Bonchev–Trinajstić information content (AvgIpc) is 2.39. The van der Waals surface area contributed by atoms with E-state index in [-0.39, 0.29) is 0 Å². The van der Waals surface area contributed by atoms with E-state index in [0.29, 0.717) is 13.0 Å². The predicted octanol–water partition coefficient (Wildman–Crippen LogP) is 4.06. The van der Waals surface area contributed by atoms with Gasteiger partial charge in [0, 0.05) is 6.61 Å². The van der Waals surface area contributed by atoms with Gasteiger partial charge < -0.3 is 14.6 Å². The first-order valence-electron chi connectivity index (χ1n) is 7.48.